The van der Waals surface area contributed by atoms with Crippen molar-refractivity contribution in [2.24, 2.45) is 0 Å². The topological polar surface area (TPSA) is 88.7 Å². The van der Waals surface area contributed by atoms with Crippen molar-refractivity contribution in [3.8, 4) is 5.75 Å². The van der Waals surface area contributed by atoms with Gasteiger partial charge in [-0.05, 0) is 24.1 Å². The molecule has 0 bridgehead atoms. The van der Waals surface area contributed by atoms with E-state index in [2.05, 4.69) is 20.7 Å². The van der Waals surface area contributed by atoms with Crippen molar-refractivity contribution in [1.29, 1.82) is 0 Å². The number of nitrogens with one attached hydrogen (secondary N) is 3. The second-order valence-corrected chi connectivity index (χ2v) is 6.21. The molecule has 1 fully saturated rings. The van der Waals surface area contributed by atoms with E-state index in [-0.39, 0.29) is 24.5 Å². The SMILES string of the molecule is CC[C@@H](NC(=O)C1CC(=O)NC(COC)N1)c1ccc(OC(F)(F)F)c(F)c1. The van der Waals surface area contributed by atoms with E-state index < -0.39 is 42.1 Å². The lowest BCUT2D eigenvalue weighted by Crippen LogP contribution is -2.62. The Morgan fingerprint density at radius 3 is 2.68 bits per heavy atom. The first-order valence-corrected chi connectivity index (χ1v) is 8.52. The highest BCUT2D eigenvalue weighted by molar-refractivity contribution is 5.89. The number of benzene rings is 1. The average molecular weight is 407 g/mol. The molecule has 3 atom stereocenters. The molecule has 0 spiro atoms. The predicted molar refractivity (Wildman–Crippen MR) is 89.6 cm³/mol. The number of alkyl halides is 3. The zero-order chi connectivity index (χ0) is 20.9. The van der Waals surface area contributed by atoms with Crippen LogP contribution in [0.2, 0.25) is 0 Å². The largest absolute Gasteiger partial charge is 0.573 e. The molecule has 3 N–H and O–H groups in total. The maximum absolute atomic E-state index is 13.9. The van der Waals surface area contributed by atoms with Gasteiger partial charge in [0.15, 0.2) is 11.6 Å². The van der Waals surface area contributed by atoms with Crippen molar-refractivity contribution in [2.75, 3.05) is 13.7 Å². The minimum absolute atomic E-state index is 0.0881. The van der Waals surface area contributed by atoms with Crippen LogP contribution >= 0.6 is 0 Å². The Hall–Kier alpha value is -2.40. The molecule has 1 aromatic rings. The number of carbonyl (C=O) groups is 2. The fourth-order valence-corrected chi connectivity index (χ4v) is 2.84. The fraction of sp³-hybridized carbons (Fsp3) is 0.529. The normalized spacial score (nSPS) is 21.0. The van der Waals surface area contributed by atoms with Gasteiger partial charge in [0.05, 0.1) is 25.1 Å². The van der Waals surface area contributed by atoms with Gasteiger partial charge in [-0.25, -0.2) is 4.39 Å². The van der Waals surface area contributed by atoms with E-state index in [0.717, 1.165) is 12.1 Å². The summed E-state index contributed by atoms with van der Waals surface area (Å²) in [6, 6.07) is 1.50. The molecule has 0 saturated carbocycles. The van der Waals surface area contributed by atoms with Gasteiger partial charge in [-0.1, -0.05) is 13.0 Å². The number of hydrogen-bond acceptors (Lipinski definition) is 5. The molecule has 1 aliphatic heterocycles. The van der Waals surface area contributed by atoms with Crippen LogP contribution in [0.25, 0.3) is 0 Å². The maximum atomic E-state index is 13.9. The van der Waals surface area contributed by atoms with E-state index >= 15 is 0 Å². The number of carbonyl (C=O) groups excluding carboxylic acids is 2. The van der Waals surface area contributed by atoms with Crippen molar-refractivity contribution in [3.63, 3.8) is 0 Å². The number of halogens is 4. The van der Waals surface area contributed by atoms with Gasteiger partial charge in [0.1, 0.15) is 6.17 Å². The summed E-state index contributed by atoms with van der Waals surface area (Å²) in [5, 5.41) is 8.23. The van der Waals surface area contributed by atoms with Crippen molar-refractivity contribution < 1.29 is 36.6 Å². The fourth-order valence-electron chi connectivity index (χ4n) is 2.84. The predicted octanol–water partition coefficient (Wildman–Crippen LogP) is 1.74. The van der Waals surface area contributed by atoms with Gasteiger partial charge < -0.3 is 20.1 Å². The summed E-state index contributed by atoms with van der Waals surface area (Å²) in [5.41, 5.74) is 0.275. The second kappa shape index (κ2) is 9.20. The van der Waals surface area contributed by atoms with Crippen LogP contribution in [0.5, 0.6) is 5.75 Å². The summed E-state index contributed by atoms with van der Waals surface area (Å²) in [6.45, 7) is 1.89. The third kappa shape index (κ3) is 6.06. The van der Waals surface area contributed by atoms with Crippen molar-refractivity contribution >= 4 is 11.8 Å². The van der Waals surface area contributed by atoms with E-state index in [1.54, 1.807) is 6.92 Å². The maximum Gasteiger partial charge on any atom is 0.573 e. The van der Waals surface area contributed by atoms with Crippen LogP contribution < -0.4 is 20.7 Å². The summed E-state index contributed by atoms with van der Waals surface area (Å²) in [4.78, 5) is 24.3. The number of rotatable bonds is 7. The summed E-state index contributed by atoms with van der Waals surface area (Å²) in [6.07, 6.45) is -5.27. The van der Waals surface area contributed by atoms with E-state index in [9.17, 15) is 27.2 Å². The Morgan fingerprint density at radius 1 is 1.39 bits per heavy atom. The first-order valence-electron chi connectivity index (χ1n) is 8.52. The minimum atomic E-state index is -5.01. The van der Waals surface area contributed by atoms with E-state index in [4.69, 9.17) is 4.74 Å². The molecular formula is C17H21F4N3O4. The number of methoxy groups -OCH3 is 1. The zero-order valence-corrected chi connectivity index (χ0v) is 15.2. The van der Waals surface area contributed by atoms with E-state index in [1.807, 2.05) is 0 Å². The molecule has 156 valence electrons. The summed E-state index contributed by atoms with van der Waals surface area (Å²) in [7, 11) is 1.45. The smallest absolute Gasteiger partial charge is 0.403 e. The highest BCUT2D eigenvalue weighted by Gasteiger charge is 2.33. The van der Waals surface area contributed by atoms with Crippen LogP contribution in [0.15, 0.2) is 18.2 Å². The Bertz CT molecular complexity index is 714. The zero-order valence-electron chi connectivity index (χ0n) is 15.2. The molecule has 28 heavy (non-hydrogen) atoms. The molecule has 2 unspecified atom stereocenters. The lowest BCUT2D eigenvalue weighted by atomic mass is 10.0. The van der Waals surface area contributed by atoms with E-state index in [1.165, 1.54) is 13.2 Å². The highest BCUT2D eigenvalue weighted by atomic mass is 19.4. The monoisotopic (exact) mass is 407 g/mol. The lowest BCUT2D eigenvalue weighted by Gasteiger charge is -2.31. The summed E-state index contributed by atoms with van der Waals surface area (Å²) >= 11 is 0. The third-order valence-corrected chi connectivity index (χ3v) is 4.09. The van der Waals surface area contributed by atoms with Crippen LogP contribution in [0, 0.1) is 5.82 Å². The van der Waals surface area contributed by atoms with E-state index in [0.29, 0.717) is 6.42 Å². The molecule has 0 radical (unpaired) electrons. The molecule has 1 saturated heterocycles. The molecule has 2 amide bonds. The van der Waals surface area contributed by atoms with Gasteiger partial charge in [-0.15, -0.1) is 13.2 Å². The lowest BCUT2D eigenvalue weighted by molar-refractivity contribution is -0.275. The van der Waals surface area contributed by atoms with Gasteiger partial charge in [-0.3, -0.25) is 14.9 Å². The Balaban J connectivity index is 2.08. The van der Waals surface area contributed by atoms with Gasteiger partial charge >= 0.3 is 6.36 Å². The standard InChI is InChI=1S/C17H21F4N3O4/c1-3-11(9-4-5-13(10(18)6-9)28-17(19,20)21)23-16(26)12-7-15(25)24-14(22-12)8-27-2/h4-6,11-12,14,22H,3,7-8H2,1-2H3,(H,23,26)(H,24,25)/t11-,12?,14?/m1/s1. The molecule has 7 nitrogen and oxygen atoms in total. The van der Waals surface area contributed by atoms with Gasteiger partial charge in [0, 0.05) is 7.11 Å². The molecule has 0 aromatic heterocycles. The first kappa shape index (κ1) is 21.9. The number of ether oxygens (including phenoxy) is 2. The molecule has 1 aliphatic rings. The molecule has 1 aromatic carbocycles. The van der Waals surface area contributed by atoms with Gasteiger partial charge in [0.25, 0.3) is 0 Å². The van der Waals surface area contributed by atoms with Crippen molar-refractivity contribution in [3.05, 3.63) is 29.6 Å². The molecule has 2 rings (SSSR count). The Kier molecular flexibility index (Phi) is 7.19. The molecule has 1 heterocycles. The number of hydrogen-bond donors (Lipinski definition) is 3. The Labute approximate surface area is 158 Å². The second-order valence-electron chi connectivity index (χ2n) is 6.21. The summed E-state index contributed by atoms with van der Waals surface area (Å²) < 4.78 is 59.2. The highest BCUT2D eigenvalue weighted by Crippen LogP contribution is 2.28. The average Bonchev–Trinajstić information content (AvgIpc) is 2.60. The minimum Gasteiger partial charge on any atom is -0.403 e. The third-order valence-electron chi connectivity index (χ3n) is 4.09. The van der Waals surface area contributed by atoms with Crippen molar-refractivity contribution in [2.45, 2.75) is 44.4 Å². The molecule has 0 aliphatic carbocycles. The number of amides is 2. The Morgan fingerprint density at radius 2 is 2.11 bits per heavy atom. The first-order chi connectivity index (χ1) is 13.1. The quantitative estimate of drug-likeness (QED) is 0.600. The van der Waals surface area contributed by atoms with Crippen LogP contribution in [0.4, 0.5) is 17.6 Å². The molecule has 11 heteroatoms. The summed E-state index contributed by atoms with van der Waals surface area (Å²) in [5.74, 6) is -2.96. The van der Waals surface area contributed by atoms with Crippen LogP contribution in [0.1, 0.15) is 31.4 Å². The van der Waals surface area contributed by atoms with Crippen LogP contribution in [-0.4, -0.2) is 44.1 Å². The molecular weight excluding hydrogens is 386 g/mol. The van der Waals surface area contributed by atoms with Crippen LogP contribution in [0.3, 0.4) is 0 Å². The van der Waals surface area contributed by atoms with Gasteiger partial charge in [-0.2, -0.15) is 0 Å². The van der Waals surface area contributed by atoms with Crippen LogP contribution in [-0.2, 0) is 14.3 Å². The van der Waals surface area contributed by atoms with Crippen molar-refractivity contribution in [1.82, 2.24) is 16.0 Å². The van der Waals surface area contributed by atoms with Gasteiger partial charge in [0.2, 0.25) is 11.8 Å².